The van der Waals surface area contributed by atoms with Gasteiger partial charge in [0.2, 0.25) is 0 Å². The fraction of sp³-hybridized carbons (Fsp3) is 0.667. The lowest BCUT2D eigenvalue weighted by molar-refractivity contribution is 0.188. The number of rotatable bonds is 4. The quantitative estimate of drug-likeness (QED) is 0.905. The van der Waals surface area contributed by atoms with E-state index in [4.69, 9.17) is 5.73 Å². The smallest absolute Gasteiger partial charge is 0.0593 e. The molecule has 1 aromatic heterocycles. The highest BCUT2D eigenvalue weighted by Crippen LogP contribution is 2.29. The van der Waals surface area contributed by atoms with Crippen molar-refractivity contribution in [2.24, 2.45) is 5.73 Å². The van der Waals surface area contributed by atoms with Crippen molar-refractivity contribution in [3.63, 3.8) is 0 Å². The van der Waals surface area contributed by atoms with Gasteiger partial charge in [-0.2, -0.15) is 0 Å². The van der Waals surface area contributed by atoms with Gasteiger partial charge in [0, 0.05) is 46.3 Å². The molecule has 2 atom stereocenters. The highest BCUT2D eigenvalue weighted by Gasteiger charge is 2.28. The van der Waals surface area contributed by atoms with Crippen LogP contribution in [-0.4, -0.2) is 39.7 Å². The summed E-state index contributed by atoms with van der Waals surface area (Å²) in [7, 11) is -0.618. The molecule has 2 unspecified atom stereocenters. The standard InChI is InChI=1S/C12H20N2OS2/c1-2-10(13)12(11-4-3-7-16-11)14-5-8-17(15)9-6-14/h3-4,7,10,12H,2,5-6,8-9,13H2,1H3. The van der Waals surface area contributed by atoms with Gasteiger partial charge in [0.25, 0.3) is 0 Å². The monoisotopic (exact) mass is 272 g/mol. The Morgan fingerprint density at radius 3 is 2.76 bits per heavy atom. The molecule has 0 spiro atoms. The Balaban J connectivity index is 2.13. The van der Waals surface area contributed by atoms with Crippen LogP contribution in [0.5, 0.6) is 0 Å². The minimum absolute atomic E-state index is 0.167. The van der Waals surface area contributed by atoms with Crippen molar-refractivity contribution in [1.29, 1.82) is 0 Å². The molecule has 1 aliphatic heterocycles. The Hall–Kier alpha value is -0.230. The van der Waals surface area contributed by atoms with Crippen molar-refractivity contribution in [3.05, 3.63) is 22.4 Å². The molecule has 2 rings (SSSR count). The van der Waals surface area contributed by atoms with Crippen molar-refractivity contribution < 1.29 is 4.21 Å². The minimum Gasteiger partial charge on any atom is -0.326 e. The lowest BCUT2D eigenvalue weighted by Gasteiger charge is -2.36. The summed E-state index contributed by atoms with van der Waals surface area (Å²) in [5, 5.41) is 2.10. The molecular formula is C12H20N2OS2. The summed E-state index contributed by atoms with van der Waals surface area (Å²) in [4.78, 5) is 3.74. The SMILES string of the molecule is CCC(N)C(c1cccs1)N1CCS(=O)CC1. The van der Waals surface area contributed by atoms with Crippen LogP contribution in [0, 0.1) is 0 Å². The van der Waals surface area contributed by atoms with Gasteiger partial charge < -0.3 is 5.73 Å². The number of nitrogens with two attached hydrogens (primary N) is 1. The van der Waals surface area contributed by atoms with Crippen molar-refractivity contribution in [2.75, 3.05) is 24.6 Å². The maximum atomic E-state index is 11.4. The molecule has 0 bridgehead atoms. The van der Waals surface area contributed by atoms with Gasteiger partial charge in [0.05, 0.1) is 6.04 Å². The molecule has 1 aromatic rings. The third-order valence-corrected chi connectivity index (χ3v) is 5.54. The van der Waals surface area contributed by atoms with Crippen LogP contribution >= 0.6 is 11.3 Å². The van der Waals surface area contributed by atoms with Gasteiger partial charge in [-0.05, 0) is 17.9 Å². The van der Waals surface area contributed by atoms with E-state index in [0.717, 1.165) is 31.0 Å². The summed E-state index contributed by atoms with van der Waals surface area (Å²) in [5.74, 6) is 1.58. The zero-order valence-electron chi connectivity index (χ0n) is 10.2. The van der Waals surface area contributed by atoms with E-state index in [1.54, 1.807) is 11.3 Å². The highest BCUT2D eigenvalue weighted by molar-refractivity contribution is 7.85. The predicted octanol–water partition coefficient (Wildman–Crippen LogP) is 1.59. The largest absolute Gasteiger partial charge is 0.326 e. The molecule has 1 fully saturated rings. The molecule has 96 valence electrons. The van der Waals surface area contributed by atoms with Gasteiger partial charge in [0.15, 0.2) is 0 Å². The van der Waals surface area contributed by atoms with Gasteiger partial charge in [0.1, 0.15) is 0 Å². The van der Waals surface area contributed by atoms with Gasteiger partial charge in [-0.1, -0.05) is 13.0 Å². The molecule has 0 radical (unpaired) electrons. The minimum atomic E-state index is -0.618. The molecule has 0 aliphatic carbocycles. The van der Waals surface area contributed by atoms with Gasteiger partial charge >= 0.3 is 0 Å². The fourth-order valence-corrected chi connectivity index (χ4v) is 4.29. The molecule has 1 aliphatic rings. The average molecular weight is 272 g/mol. The molecule has 17 heavy (non-hydrogen) atoms. The summed E-state index contributed by atoms with van der Waals surface area (Å²) in [5.41, 5.74) is 6.26. The van der Waals surface area contributed by atoms with Crippen molar-refractivity contribution in [2.45, 2.75) is 25.4 Å². The van der Waals surface area contributed by atoms with Crippen LogP contribution in [0.1, 0.15) is 24.3 Å². The Bertz CT molecular complexity index is 357. The molecule has 0 aromatic carbocycles. The molecule has 5 heteroatoms. The van der Waals surface area contributed by atoms with Gasteiger partial charge in [-0.25, -0.2) is 0 Å². The summed E-state index contributed by atoms with van der Waals surface area (Å²) in [6, 6.07) is 4.71. The summed E-state index contributed by atoms with van der Waals surface area (Å²) in [6.45, 7) is 3.94. The molecule has 2 N–H and O–H groups in total. The van der Waals surface area contributed by atoms with Crippen LogP contribution in [0.2, 0.25) is 0 Å². The van der Waals surface area contributed by atoms with E-state index in [9.17, 15) is 4.21 Å². The van der Waals surface area contributed by atoms with E-state index in [1.807, 2.05) is 0 Å². The molecular weight excluding hydrogens is 252 g/mol. The maximum Gasteiger partial charge on any atom is 0.0593 e. The lowest BCUT2D eigenvalue weighted by Crippen LogP contribution is -2.46. The second-order valence-corrected chi connectivity index (χ2v) is 7.09. The van der Waals surface area contributed by atoms with Crippen LogP contribution in [0.4, 0.5) is 0 Å². The van der Waals surface area contributed by atoms with E-state index >= 15 is 0 Å². The fourth-order valence-electron chi connectivity index (χ4n) is 2.27. The van der Waals surface area contributed by atoms with E-state index in [0.29, 0.717) is 6.04 Å². The average Bonchev–Trinajstić information content (AvgIpc) is 2.85. The Morgan fingerprint density at radius 2 is 2.24 bits per heavy atom. The first-order valence-corrected chi connectivity index (χ1v) is 8.47. The topological polar surface area (TPSA) is 46.3 Å². The molecule has 3 nitrogen and oxygen atoms in total. The Morgan fingerprint density at radius 1 is 1.53 bits per heavy atom. The zero-order valence-corrected chi connectivity index (χ0v) is 11.8. The number of hydrogen-bond acceptors (Lipinski definition) is 4. The van der Waals surface area contributed by atoms with Crippen molar-refractivity contribution in [3.8, 4) is 0 Å². The first-order valence-electron chi connectivity index (χ1n) is 6.10. The molecule has 2 heterocycles. The van der Waals surface area contributed by atoms with Crippen LogP contribution < -0.4 is 5.73 Å². The summed E-state index contributed by atoms with van der Waals surface area (Å²) >= 11 is 1.77. The van der Waals surface area contributed by atoms with Crippen LogP contribution in [0.15, 0.2) is 17.5 Å². The van der Waals surface area contributed by atoms with E-state index in [-0.39, 0.29) is 6.04 Å². The second-order valence-electron chi connectivity index (χ2n) is 4.42. The number of hydrogen-bond donors (Lipinski definition) is 1. The van der Waals surface area contributed by atoms with Gasteiger partial charge in [-0.3, -0.25) is 9.11 Å². The zero-order chi connectivity index (χ0) is 12.3. The first kappa shape index (κ1) is 13.2. The molecule has 0 saturated carbocycles. The highest BCUT2D eigenvalue weighted by atomic mass is 32.2. The Kier molecular flexibility index (Phi) is 4.73. The third kappa shape index (κ3) is 3.16. The predicted molar refractivity (Wildman–Crippen MR) is 74.8 cm³/mol. The second kappa shape index (κ2) is 6.09. The normalized spacial score (nSPS) is 22.5. The van der Waals surface area contributed by atoms with E-state index < -0.39 is 10.8 Å². The van der Waals surface area contributed by atoms with E-state index in [2.05, 4.69) is 29.3 Å². The third-order valence-electron chi connectivity index (χ3n) is 3.32. The summed E-state index contributed by atoms with van der Waals surface area (Å²) < 4.78 is 11.4. The van der Waals surface area contributed by atoms with Crippen molar-refractivity contribution in [1.82, 2.24) is 4.90 Å². The van der Waals surface area contributed by atoms with Crippen LogP contribution in [0.25, 0.3) is 0 Å². The van der Waals surface area contributed by atoms with Crippen molar-refractivity contribution >= 4 is 22.1 Å². The summed E-state index contributed by atoms with van der Waals surface area (Å²) in [6.07, 6.45) is 0.974. The Labute approximate surface area is 109 Å². The van der Waals surface area contributed by atoms with E-state index in [1.165, 1.54) is 4.88 Å². The van der Waals surface area contributed by atoms with Crippen LogP contribution in [-0.2, 0) is 10.8 Å². The molecule has 0 amide bonds. The molecule has 1 saturated heterocycles. The maximum absolute atomic E-state index is 11.4. The first-order chi connectivity index (χ1) is 8.22. The van der Waals surface area contributed by atoms with Gasteiger partial charge in [-0.15, -0.1) is 11.3 Å². The number of thiophene rings is 1. The lowest BCUT2D eigenvalue weighted by atomic mass is 10.0. The number of nitrogens with zero attached hydrogens (tertiary/aromatic N) is 1. The van der Waals surface area contributed by atoms with Crippen LogP contribution in [0.3, 0.4) is 0 Å².